The summed E-state index contributed by atoms with van der Waals surface area (Å²) in [6.07, 6.45) is 3.47. The Bertz CT molecular complexity index is 1230. The Labute approximate surface area is 273 Å². The molecule has 0 amide bonds. The van der Waals surface area contributed by atoms with Crippen molar-refractivity contribution in [2.75, 3.05) is 0 Å². The van der Waals surface area contributed by atoms with Gasteiger partial charge in [-0.05, 0) is 88.8 Å². The van der Waals surface area contributed by atoms with Crippen LogP contribution in [-0.4, -0.2) is 16.6 Å². The van der Waals surface area contributed by atoms with Gasteiger partial charge in [0.15, 0.2) is 16.6 Å². The molecule has 0 spiro atoms. The van der Waals surface area contributed by atoms with E-state index in [1.807, 2.05) is 0 Å². The van der Waals surface area contributed by atoms with Crippen LogP contribution in [0.4, 0.5) is 0 Å². The molecule has 0 bridgehead atoms. The molecule has 3 rings (SSSR count). The van der Waals surface area contributed by atoms with E-state index in [-0.39, 0.29) is 16.0 Å². The molecule has 3 aromatic carbocycles. The molecule has 2 atom stereocenters. The van der Waals surface area contributed by atoms with Gasteiger partial charge < -0.3 is 8.85 Å². The number of hydrogen-bond donors (Lipinski definition) is 0. The fourth-order valence-corrected chi connectivity index (χ4v) is 7.18. The third kappa shape index (κ3) is 10.0. The molecule has 2 unspecified atom stereocenters. The minimum atomic E-state index is -1.85. The molecule has 0 heterocycles. The molecule has 2 nitrogen and oxygen atoms in total. The average molecular weight is 631 g/mol. The molecule has 0 aliphatic heterocycles. The van der Waals surface area contributed by atoms with E-state index in [0.717, 1.165) is 6.42 Å². The van der Waals surface area contributed by atoms with E-state index in [2.05, 4.69) is 160 Å². The van der Waals surface area contributed by atoms with Crippen molar-refractivity contribution in [1.82, 2.24) is 0 Å². The molecule has 0 saturated heterocycles. The van der Waals surface area contributed by atoms with Crippen LogP contribution in [0.1, 0.15) is 114 Å². The predicted octanol–water partition coefficient (Wildman–Crippen LogP) is 12.5. The summed E-state index contributed by atoms with van der Waals surface area (Å²) in [5, 5.41) is 0.387. The van der Waals surface area contributed by atoms with Crippen molar-refractivity contribution in [3.05, 3.63) is 107 Å². The first-order chi connectivity index (χ1) is 20.4. The summed E-state index contributed by atoms with van der Waals surface area (Å²) in [5.74, 6) is 1.44. The largest absolute Gasteiger partial charge is 0.413 e. The van der Waals surface area contributed by atoms with Gasteiger partial charge in [-0.15, -0.1) is 0 Å². The number of hydrogen-bond acceptors (Lipinski definition) is 2. The van der Waals surface area contributed by atoms with E-state index in [4.69, 9.17) is 8.85 Å². The average Bonchev–Trinajstić information content (AvgIpc) is 2.96. The Morgan fingerprint density at radius 1 is 0.591 bits per heavy atom. The Morgan fingerprint density at radius 3 is 1.43 bits per heavy atom. The van der Waals surface area contributed by atoms with Crippen molar-refractivity contribution in [2.24, 2.45) is 5.92 Å². The van der Waals surface area contributed by atoms with Crippen LogP contribution in [0.3, 0.4) is 0 Å². The van der Waals surface area contributed by atoms with Gasteiger partial charge >= 0.3 is 0 Å². The Balaban J connectivity index is 2.01. The van der Waals surface area contributed by atoms with Gasteiger partial charge in [-0.1, -0.05) is 141 Å². The van der Waals surface area contributed by atoms with E-state index < -0.39 is 16.6 Å². The SMILES string of the molecule is CCC(C)CC(CC(c1cccc(CO[Si](C)(C)C(C)(C)C)c1)c1cccc(CO[Si](C)(C)C(C)(C)C)c1)c1ccccc1. The Morgan fingerprint density at radius 2 is 1.02 bits per heavy atom. The quantitative estimate of drug-likeness (QED) is 0.165. The molecule has 0 radical (unpaired) electrons. The maximum atomic E-state index is 6.67. The summed E-state index contributed by atoms with van der Waals surface area (Å²) in [7, 11) is -3.69. The number of rotatable bonds is 14. The van der Waals surface area contributed by atoms with Gasteiger partial charge in [-0.3, -0.25) is 0 Å². The summed E-state index contributed by atoms with van der Waals surface area (Å²) in [6, 6.07) is 29.7. The van der Waals surface area contributed by atoms with Gasteiger partial charge in [0, 0.05) is 5.92 Å². The normalized spacial score (nSPS) is 14.6. The molecule has 3 aromatic rings. The van der Waals surface area contributed by atoms with Crippen LogP contribution >= 0.6 is 0 Å². The van der Waals surface area contributed by atoms with E-state index in [1.54, 1.807) is 0 Å². The monoisotopic (exact) mass is 630 g/mol. The van der Waals surface area contributed by atoms with Gasteiger partial charge in [-0.25, -0.2) is 0 Å². The topological polar surface area (TPSA) is 18.5 Å². The zero-order chi connectivity index (χ0) is 32.8. The van der Waals surface area contributed by atoms with Crippen LogP contribution in [0.2, 0.25) is 36.3 Å². The van der Waals surface area contributed by atoms with Crippen LogP contribution in [0.15, 0.2) is 78.9 Å². The first kappa shape index (κ1) is 36.5. The third-order valence-corrected chi connectivity index (χ3v) is 19.7. The summed E-state index contributed by atoms with van der Waals surface area (Å²) >= 11 is 0. The molecule has 0 aliphatic rings. The van der Waals surface area contributed by atoms with Crippen LogP contribution in [-0.2, 0) is 22.1 Å². The molecular weight excluding hydrogens is 569 g/mol. The molecule has 0 saturated carbocycles. The summed E-state index contributed by atoms with van der Waals surface area (Å²) < 4.78 is 13.3. The second-order valence-electron chi connectivity index (χ2n) is 16.2. The van der Waals surface area contributed by atoms with Gasteiger partial charge in [-0.2, -0.15) is 0 Å². The van der Waals surface area contributed by atoms with Crippen LogP contribution in [0.25, 0.3) is 0 Å². The molecule has 0 aromatic heterocycles. The van der Waals surface area contributed by atoms with Crippen LogP contribution in [0.5, 0.6) is 0 Å². The maximum absolute atomic E-state index is 6.67. The smallest absolute Gasteiger partial charge is 0.192 e. The van der Waals surface area contributed by atoms with Crippen LogP contribution in [0, 0.1) is 5.92 Å². The van der Waals surface area contributed by atoms with Crippen molar-refractivity contribution >= 4 is 16.6 Å². The Kier molecular flexibility index (Phi) is 12.5. The van der Waals surface area contributed by atoms with Gasteiger partial charge in [0.25, 0.3) is 0 Å². The predicted molar refractivity (Wildman–Crippen MR) is 197 cm³/mol. The van der Waals surface area contributed by atoms with Crippen molar-refractivity contribution in [2.45, 2.75) is 136 Å². The fraction of sp³-hybridized carbons (Fsp3) is 0.550. The second-order valence-corrected chi connectivity index (χ2v) is 25.9. The van der Waals surface area contributed by atoms with E-state index in [1.165, 1.54) is 40.7 Å². The summed E-state index contributed by atoms with van der Waals surface area (Å²) in [4.78, 5) is 0. The first-order valence-electron chi connectivity index (χ1n) is 16.9. The summed E-state index contributed by atoms with van der Waals surface area (Å²) in [5.41, 5.74) is 6.76. The highest BCUT2D eigenvalue weighted by molar-refractivity contribution is 6.74. The lowest BCUT2D eigenvalue weighted by molar-refractivity contribution is 0.276. The van der Waals surface area contributed by atoms with E-state index >= 15 is 0 Å². The Hall–Kier alpha value is -1.99. The molecule has 242 valence electrons. The van der Waals surface area contributed by atoms with Gasteiger partial charge in [0.2, 0.25) is 0 Å². The number of benzene rings is 3. The highest BCUT2D eigenvalue weighted by atomic mass is 28.4. The lowest BCUT2D eigenvalue weighted by Crippen LogP contribution is -2.40. The van der Waals surface area contributed by atoms with Gasteiger partial charge in [0.05, 0.1) is 13.2 Å². The highest BCUT2D eigenvalue weighted by Crippen LogP contribution is 2.41. The zero-order valence-electron chi connectivity index (χ0n) is 30.1. The van der Waals surface area contributed by atoms with Crippen LogP contribution < -0.4 is 0 Å². The lowest BCUT2D eigenvalue weighted by Gasteiger charge is -2.36. The second kappa shape index (κ2) is 15.1. The molecular formula is C40H62O2Si2. The van der Waals surface area contributed by atoms with Gasteiger partial charge in [0.1, 0.15) is 0 Å². The van der Waals surface area contributed by atoms with Crippen molar-refractivity contribution < 1.29 is 8.85 Å². The molecule has 0 aliphatic carbocycles. The first-order valence-corrected chi connectivity index (χ1v) is 22.8. The third-order valence-electron chi connectivity index (χ3n) is 10.7. The minimum absolute atomic E-state index is 0.193. The van der Waals surface area contributed by atoms with Crippen molar-refractivity contribution in [3.8, 4) is 0 Å². The summed E-state index contributed by atoms with van der Waals surface area (Å²) in [6.45, 7) is 29.3. The van der Waals surface area contributed by atoms with Crippen molar-refractivity contribution in [1.29, 1.82) is 0 Å². The molecule has 4 heteroatoms. The minimum Gasteiger partial charge on any atom is -0.413 e. The lowest BCUT2D eigenvalue weighted by atomic mass is 9.77. The molecule has 0 N–H and O–H groups in total. The van der Waals surface area contributed by atoms with E-state index in [0.29, 0.717) is 25.0 Å². The van der Waals surface area contributed by atoms with E-state index in [9.17, 15) is 0 Å². The van der Waals surface area contributed by atoms with Crippen molar-refractivity contribution in [3.63, 3.8) is 0 Å². The molecule has 44 heavy (non-hydrogen) atoms. The maximum Gasteiger partial charge on any atom is 0.192 e. The highest BCUT2D eigenvalue weighted by Gasteiger charge is 2.38. The zero-order valence-corrected chi connectivity index (χ0v) is 32.1. The fourth-order valence-electron chi connectivity index (χ4n) is 5.25. The standard InChI is InChI=1S/C40H62O2Si2/c1-13-31(2)25-37(34-21-15-14-16-22-34)28-38(35-23-17-19-32(26-35)29-41-43(9,10)39(3,4)5)36-24-18-20-33(27-36)30-42-44(11,12)40(6,7)8/h14-24,26-27,31,37-38H,13,25,28-30H2,1-12H3. The molecule has 0 fully saturated rings.